The topological polar surface area (TPSA) is 75.5 Å². The fourth-order valence-electron chi connectivity index (χ4n) is 3.09. The van der Waals surface area contributed by atoms with E-state index in [0.717, 1.165) is 19.3 Å². The predicted octanol–water partition coefficient (Wildman–Crippen LogP) is 3.83. The van der Waals surface area contributed by atoms with Crippen LogP contribution in [0.2, 0.25) is 0 Å². The first-order chi connectivity index (χ1) is 11.6. The number of urea groups is 1. The number of nitro benzene ring substituents is 1. The third kappa shape index (κ3) is 3.71. The molecule has 1 unspecified atom stereocenters. The van der Waals surface area contributed by atoms with Crippen molar-refractivity contribution >= 4 is 17.4 Å². The molecule has 0 bridgehead atoms. The van der Waals surface area contributed by atoms with Crippen LogP contribution >= 0.6 is 0 Å². The molecule has 6 heteroatoms. The fraction of sp³-hybridized carbons (Fsp3) is 0.278. The molecule has 0 radical (unpaired) electrons. The molecule has 0 aliphatic carbocycles. The second kappa shape index (κ2) is 7.12. The van der Waals surface area contributed by atoms with Crippen LogP contribution in [0.15, 0.2) is 54.6 Å². The molecule has 0 aromatic heterocycles. The van der Waals surface area contributed by atoms with Crippen LogP contribution in [-0.4, -0.2) is 28.4 Å². The van der Waals surface area contributed by atoms with Crippen molar-refractivity contribution in [3.63, 3.8) is 0 Å². The van der Waals surface area contributed by atoms with Crippen molar-refractivity contribution in [2.45, 2.75) is 25.3 Å². The van der Waals surface area contributed by atoms with Gasteiger partial charge in [0.1, 0.15) is 0 Å². The lowest BCUT2D eigenvalue weighted by Crippen LogP contribution is -2.39. The third-order valence-electron chi connectivity index (χ3n) is 4.26. The molecule has 1 atom stereocenters. The van der Waals surface area contributed by atoms with Gasteiger partial charge in [-0.05, 0) is 30.9 Å². The zero-order valence-corrected chi connectivity index (χ0v) is 13.2. The zero-order valence-electron chi connectivity index (χ0n) is 13.2. The van der Waals surface area contributed by atoms with E-state index < -0.39 is 4.92 Å². The Balaban J connectivity index is 1.67. The van der Waals surface area contributed by atoms with Crippen molar-refractivity contribution in [2.24, 2.45) is 0 Å². The number of anilines is 1. The summed E-state index contributed by atoms with van der Waals surface area (Å²) in [5, 5.41) is 13.6. The summed E-state index contributed by atoms with van der Waals surface area (Å²) >= 11 is 0. The highest BCUT2D eigenvalue weighted by Gasteiger charge is 2.28. The predicted molar refractivity (Wildman–Crippen MR) is 92.0 cm³/mol. The number of hydrogen-bond acceptors (Lipinski definition) is 3. The van der Waals surface area contributed by atoms with Gasteiger partial charge < -0.3 is 10.2 Å². The molecule has 2 aromatic carbocycles. The number of rotatable bonds is 4. The maximum atomic E-state index is 12.5. The SMILES string of the molecule is O=C(Nc1cccc([N+](=O)[O-])c1)N1CCCC1Cc1ccccc1. The molecule has 2 amide bonds. The molecule has 1 saturated heterocycles. The van der Waals surface area contributed by atoms with E-state index in [9.17, 15) is 14.9 Å². The molecule has 1 aliphatic rings. The minimum absolute atomic E-state index is 0.0324. The average molecular weight is 325 g/mol. The van der Waals surface area contributed by atoms with Crippen molar-refractivity contribution in [1.29, 1.82) is 0 Å². The first-order valence-electron chi connectivity index (χ1n) is 7.99. The second-order valence-electron chi connectivity index (χ2n) is 5.92. The van der Waals surface area contributed by atoms with Gasteiger partial charge in [-0.1, -0.05) is 36.4 Å². The number of amides is 2. The summed E-state index contributed by atoms with van der Waals surface area (Å²) < 4.78 is 0. The van der Waals surface area contributed by atoms with E-state index in [1.54, 1.807) is 12.1 Å². The Morgan fingerprint density at radius 3 is 2.75 bits per heavy atom. The van der Waals surface area contributed by atoms with Gasteiger partial charge in [-0.3, -0.25) is 10.1 Å². The molecule has 1 fully saturated rings. The van der Waals surface area contributed by atoms with Gasteiger partial charge in [0, 0.05) is 30.4 Å². The maximum absolute atomic E-state index is 12.5. The number of carbonyl (C=O) groups excluding carboxylic acids is 1. The van der Waals surface area contributed by atoms with Gasteiger partial charge in [0.15, 0.2) is 0 Å². The molecule has 0 saturated carbocycles. The highest BCUT2D eigenvalue weighted by atomic mass is 16.6. The quantitative estimate of drug-likeness (QED) is 0.685. The molecule has 1 aliphatic heterocycles. The van der Waals surface area contributed by atoms with Gasteiger partial charge in [0.2, 0.25) is 0 Å². The largest absolute Gasteiger partial charge is 0.322 e. The minimum Gasteiger partial charge on any atom is -0.321 e. The highest BCUT2D eigenvalue weighted by Crippen LogP contribution is 2.23. The standard InChI is InChI=1S/C18H19N3O3/c22-18(19-15-8-4-9-17(13-15)21(23)24)20-11-5-10-16(20)12-14-6-2-1-3-7-14/h1-4,6-9,13,16H,5,10-12H2,(H,19,22). The molecule has 6 nitrogen and oxygen atoms in total. The van der Waals surface area contributed by atoms with Crippen LogP contribution in [0, 0.1) is 10.1 Å². The summed E-state index contributed by atoms with van der Waals surface area (Å²) in [5.41, 5.74) is 1.62. The second-order valence-corrected chi connectivity index (χ2v) is 5.92. The van der Waals surface area contributed by atoms with Crippen LogP contribution in [0.4, 0.5) is 16.2 Å². The van der Waals surface area contributed by atoms with Crippen LogP contribution in [0.3, 0.4) is 0 Å². The molecule has 2 aromatic rings. The number of carbonyl (C=O) groups is 1. The molecule has 1 N–H and O–H groups in total. The van der Waals surface area contributed by atoms with Crippen LogP contribution in [-0.2, 0) is 6.42 Å². The molecule has 0 spiro atoms. The smallest absolute Gasteiger partial charge is 0.321 e. The van der Waals surface area contributed by atoms with Crippen molar-refractivity contribution in [3.8, 4) is 0 Å². The lowest BCUT2D eigenvalue weighted by atomic mass is 10.0. The lowest BCUT2D eigenvalue weighted by molar-refractivity contribution is -0.384. The highest BCUT2D eigenvalue weighted by molar-refractivity contribution is 5.90. The first kappa shape index (κ1) is 16.0. The number of nitrogens with zero attached hydrogens (tertiary/aromatic N) is 2. The Morgan fingerprint density at radius 2 is 2.00 bits per heavy atom. The van der Waals surface area contributed by atoms with E-state index in [2.05, 4.69) is 17.4 Å². The average Bonchev–Trinajstić information content (AvgIpc) is 3.04. The molecule has 124 valence electrons. The van der Waals surface area contributed by atoms with E-state index in [4.69, 9.17) is 0 Å². The maximum Gasteiger partial charge on any atom is 0.322 e. The Morgan fingerprint density at radius 1 is 1.21 bits per heavy atom. The van der Waals surface area contributed by atoms with Crippen LogP contribution in [0.1, 0.15) is 18.4 Å². The summed E-state index contributed by atoms with van der Waals surface area (Å²) in [6.07, 6.45) is 2.76. The normalized spacial score (nSPS) is 16.8. The van der Waals surface area contributed by atoms with Crippen molar-refractivity contribution in [1.82, 2.24) is 4.90 Å². The number of non-ortho nitro benzene ring substituents is 1. The van der Waals surface area contributed by atoms with E-state index >= 15 is 0 Å². The third-order valence-corrected chi connectivity index (χ3v) is 4.26. The first-order valence-corrected chi connectivity index (χ1v) is 7.99. The molecule has 24 heavy (non-hydrogen) atoms. The van der Waals surface area contributed by atoms with Gasteiger partial charge in [-0.25, -0.2) is 4.79 Å². The molecule has 3 rings (SSSR count). The van der Waals surface area contributed by atoms with E-state index in [0.29, 0.717) is 12.2 Å². The Labute approximate surface area is 140 Å². The van der Waals surface area contributed by atoms with E-state index in [1.807, 2.05) is 23.1 Å². The van der Waals surface area contributed by atoms with Gasteiger partial charge in [0.05, 0.1) is 4.92 Å². The monoisotopic (exact) mass is 325 g/mol. The van der Waals surface area contributed by atoms with Crippen LogP contribution < -0.4 is 5.32 Å². The Bertz CT molecular complexity index is 733. The summed E-state index contributed by atoms with van der Waals surface area (Å²) in [7, 11) is 0. The van der Waals surface area contributed by atoms with E-state index in [-0.39, 0.29) is 17.8 Å². The van der Waals surface area contributed by atoms with Crippen molar-refractivity contribution < 1.29 is 9.72 Å². The number of likely N-dealkylation sites (tertiary alicyclic amines) is 1. The zero-order chi connectivity index (χ0) is 16.9. The molecular formula is C18H19N3O3. The number of hydrogen-bond donors (Lipinski definition) is 1. The van der Waals surface area contributed by atoms with Gasteiger partial charge in [0.25, 0.3) is 5.69 Å². The van der Waals surface area contributed by atoms with Gasteiger partial charge >= 0.3 is 6.03 Å². The van der Waals surface area contributed by atoms with Crippen molar-refractivity contribution in [2.75, 3.05) is 11.9 Å². The summed E-state index contributed by atoms with van der Waals surface area (Å²) in [6.45, 7) is 0.707. The number of benzene rings is 2. The van der Waals surface area contributed by atoms with Gasteiger partial charge in [-0.2, -0.15) is 0 Å². The summed E-state index contributed by atoms with van der Waals surface area (Å²) in [5.74, 6) is 0. The van der Waals surface area contributed by atoms with Crippen LogP contribution in [0.5, 0.6) is 0 Å². The summed E-state index contributed by atoms with van der Waals surface area (Å²) in [4.78, 5) is 24.7. The van der Waals surface area contributed by atoms with Gasteiger partial charge in [-0.15, -0.1) is 0 Å². The summed E-state index contributed by atoms with van der Waals surface area (Å²) in [6, 6.07) is 16.1. The number of nitrogens with one attached hydrogen (secondary N) is 1. The Hall–Kier alpha value is -2.89. The Kier molecular flexibility index (Phi) is 4.74. The minimum atomic E-state index is -0.469. The molecular weight excluding hydrogens is 306 g/mol. The number of nitro groups is 1. The lowest BCUT2D eigenvalue weighted by Gasteiger charge is -2.25. The van der Waals surface area contributed by atoms with Crippen molar-refractivity contribution in [3.05, 3.63) is 70.3 Å². The van der Waals surface area contributed by atoms with E-state index in [1.165, 1.54) is 17.7 Å². The van der Waals surface area contributed by atoms with Crippen LogP contribution in [0.25, 0.3) is 0 Å². The molecule has 1 heterocycles. The fourth-order valence-corrected chi connectivity index (χ4v) is 3.09.